The second-order valence-electron chi connectivity index (χ2n) is 6.96. The van der Waals surface area contributed by atoms with Crippen LogP contribution in [0.2, 0.25) is 0 Å². The van der Waals surface area contributed by atoms with E-state index < -0.39 is 0 Å². The highest BCUT2D eigenvalue weighted by Gasteiger charge is 2.34. The molecule has 2 fully saturated rings. The molecule has 0 radical (unpaired) electrons. The molecule has 3 rings (SSSR count). The maximum atomic E-state index is 5.87. The third-order valence-corrected chi connectivity index (χ3v) is 5.19. The zero-order valence-electron chi connectivity index (χ0n) is 14.4. The molecule has 23 heavy (non-hydrogen) atoms. The van der Waals surface area contributed by atoms with Gasteiger partial charge in [-0.25, -0.2) is 0 Å². The molecular formula is C19H31N3O. The number of hydrogen-bond donors (Lipinski definition) is 1. The Morgan fingerprint density at radius 2 is 1.91 bits per heavy atom. The van der Waals surface area contributed by atoms with Crippen LogP contribution in [0.25, 0.3) is 0 Å². The van der Waals surface area contributed by atoms with Crippen molar-refractivity contribution >= 4 is 0 Å². The van der Waals surface area contributed by atoms with Gasteiger partial charge in [-0.2, -0.15) is 0 Å². The van der Waals surface area contributed by atoms with Crippen molar-refractivity contribution in [2.24, 2.45) is 5.73 Å². The van der Waals surface area contributed by atoms with Gasteiger partial charge >= 0.3 is 0 Å². The number of ether oxygens (including phenoxy) is 1. The van der Waals surface area contributed by atoms with Crippen LogP contribution in [0.4, 0.5) is 0 Å². The van der Waals surface area contributed by atoms with Crippen LogP contribution < -0.4 is 5.73 Å². The quantitative estimate of drug-likeness (QED) is 0.870. The lowest BCUT2D eigenvalue weighted by Gasteiger charge is -2.48. The SMILES string of the molecule is CCC[C@H]1COC[C@H]2CN(Cc3ccc(CCN)cc3)CCN12. The van der Waals surface area contributed by atoms with Crippen molar-refractivity contribution in [3.8, 4) is 0 Å². The van der Waals surface area contributed by atoms with E-state index in [-0.39, 0.29) is 0 Å². The lowest BCUT2D eigenvalue weighted by Crippen LogP contribution is -2.61. The van der Waals surface area contributed by atoms with Crippen LogP contribution in [0, 0.1) is 0 Å². The number of hydrogen-bond acceptors (Lipinski definition) is 4. The molecule has 2 aliphatic rings. The van der Waals surface area contributed by atoms with Crippen LogP contribution in [0.15, 0.2) is 24.3 Å². The maximum absolute atomic E-state index is 5.87. The molecule has 0 bridgehead atoms. The minimum Gasteiger partial charge on any atom is -0.378 e. The number of morpholine rings is 1. The third-order valence-electron chi connectivity index (χ3n) is 5.19. The van der Waals surface area contributed by atoms with Gasteiger partial charge in [0.25, 0.3) is 0 Å². The Balaban J connectivity index is 1.55. The fourth-order valence-corrected chi connectivity index (χ4v) is 3.96. The summed E-state index contributed by atoms with van der Waals surface area (Å²) >= 11 is 0. The van der Waals surface area contributed by atoms with Gasteiger partial charge in [0.05, 0.1) is 13.2 Å². The highest BCUT2D eigenvalue weighted by Crippen LogP contribution is 2.22. The normalized spacial score (nSPS) is 26.2. The van der Waals surface area contributed by atoms with E-state index in [4.69, 9.17) is 10.5 Å². The minimum absolute atomic E-state index is 0.575. The molecule has 2 aliphatic heterocycles. The van der Waals surface area contributed by atoms with Crippen molar-refractivity contribution in [3.05, 3.63) is 35.4 Å². The maximum Gasteiger partial charge on any atom is 0.0635 e. The summed E-state index contributed by atoms with van der Waals surface area (Å²) in [6.45, 7) is 9.34. The van der Waals surface area contributed by atoms with Gasteiger partial charge in [0.15, 0.2) is 0 Å². The Labute approximate surface area is 140 Å². The predicted molar refractivity (Wildman–Crippen MR) is 94.5 cm³/mol. The van der Waals surface area contributed by atoms with E-state index in [1.807, 2.05) is 0 Å². The average Bonchev–Trinajstić information content (AvgIpc) is 2.57. The molecule has 4 nitrogen and oxygen atoms in total. The zero-order chi connectivity index (χ0) is 16.1. The van der Waals surface area contributed by atoms with E-state index in [0.717, 1.165) is 39.3 Å². The lowest BCUT2D eigenvalue weighted by atomic mass is 10.0. The van der Waals surface area contributed by atoms with Gasteiger partial charge in [-0.3, -0.25) is 9.80 Å². The Morgan fingerprint density at radius 1 is 1.13 bits per heavy atom. The van der Waals surface area contributed by atoms with Gasteiger partial charge < -0.3 is 10.5 Å². The first kappa shape index (κ1) is 16.9. The first-order valence-corrected chi connectivity index (χ1v) is 9.14. The molecule has 0 aliphatic carbocycles. The average molecular weight is 317 g/mol. The van der Waals surface area contributed by atoms with Crippen LogP contribution in [-0.4, -0.2) is 61.3 Å². The summed E-state index contributed by atoms with van der Waals surface area (Å²) < 4.78 is 5.87. The van der Waals surface area contributed by atoms with E-state index in [9.17, 15) is 0 Å². The summed E-state index contributed by atoms with van der Waals surface area (Å²) in [6, 6.07) is 10.2. The van der Waals surface area contributed by atoms with E-state index in [0.29, 0.717) is 12.1 Å². The third kappa shape index (κ3) is 4.32. The molecule has 0 amide bonds. The van der Waals surface area contributed by atoms with Gasteiger partial charge in [-0.05, 0) is 30.5 Å². The standard InChI is InChI=1S/C19H31N3O/c1-2-3-18-14-23-15-19-13-21(10-11-22(18)19)12-17-6-4-16(5-7-17)8-9-20/h4-7,18-19H,2-3,8-15,20H2,1H3/t18-,19+/m0/s1. The summed E-state index contributed by atoms with van der Waals surface area (Å²) in [5, 5.41) is 0. The van der Waals surface area contributed by atoms with Crippen molar-refractivity contribution in [3.63, 3.8) is 0 Å². The number of piperazine rings is 1. The van der Waals surface area contributed by atoms with Crippen molar-refractivity contribution in [2.45, 2.75) is 44.8 Å². The molecule has 1 aromatic rings. The lowest BCUT2D eigenvalue weighted by molar-refractivity contribution is -0.0840. The fraction of sp³-hybridized carbons (Fsp3) is 0.684. The largest absolute Gasteiger partial charge is 0.378 e. The zero-order valence-corrected chi connectivity index (χ0v) is 14.4. The predicted octanol–water partition coefficient (Wildman–Crippen LogP) is 1.87. The summed E-state index contributed by atoms with van der Waals surface area (Å²) in [7, 11) is 0. The van der Waals surface area contributed by atoms with Crippen molar-refractivity contribution in [1.29, 1.82) is 0 Å². The van der Waals surface area contributed by atoms with Crippen LogP contribution >= 0.6 is 0 Å². The summed E-state index contributed by atoms with van der Waals surface area (Å²) in [5.74, 6) is 0. The number of rotatable bonds is 6. The number of nitrogens with two attached hydrogens (primary N) is 1. The molecule has 1 aromatic carbocycles. The Morgan fingerprint density at radius 3 is 2.65 bits per heavy atom. The highest BCUT2D eigenvalue weighted by atomic mass is 16.5. The number of nitrogens with zero attached hydrogens (tertiary/aromatic N) is 2. The van der Waals surface area contributed by atoms with Gasteiger partial charge in [-0.1, -0.05) is 37.6 Å². The monoisotopic (exact) mass is 317 g/mol. The molecule has 0 aromatic heterocycles. The van der Waals surface area contributed by atoms with Crippen molar-refractivity contribution in [2.75, 3.05) is 39.4 Å². The molecule has 2 atom stereocenters. The number of benzene rings is 1. The van der Waals surface area contributed by atoms with Crippen LogP contribution in [0.1, 0.15) is 30.9 Å². The van der Waals surface area contributed by atoms with Crippen LogP contribution in [-0.2, 0) is 17.7 Å². The Bertz CT molecular complexity index is 474. The molecule has 2 N–H and O–H groups in total. The molecule has 2 heterocycles. The van der Waals surface area contributed by atoms with E-state index in [2.05, 4.69) is 41.0 Å². The summed E-state index contributed by atoms with van der Waals surface area (Å²) in [5.41, 5.74) is 8.36. The molecule has 0 spiro atoms. The van der Waals surface area contributed by atoms with Gasteiger partial charge in [0.1, 0.15) is 0 Å². The molecule has 128 valence electrons. The Hall–Kier alpha value is -0.940. The topological polar surface area (TPSA) is 41.7 Å². The number of fused-ring (bicyclic) bond motifs is 1. The first-order chi connectivity index (χ1) is 11.3. The minimum atomic E-state index is 0.575. The van der Waals surface area contributed by atoms with E-state index in [1.54, 1.807) is 0 Å². The summed E-state index contributed by atoms with van der Waals surface area (Å²) in [4.78, 5) is 5.28. The van der Waals surface area contributed by atoms with Crippen LogP contribution in [0.3, 0.4) is 0 Å². The van der Waals surface area contributed by atoms with Crippen LogP contribution in [0.5, 0.6) is 0 Å². The van der Waals surface area contributed by atoms with Crippen molar-refractivity contribution in [1.82, 2.24) is 9.80 Å². The molecular weight excluding hydrogens is 286 g/mol. The van der Waals surface area contributed by atoms with Gasteiger partial charge in [0.2, 0.25) is 0 Å². The van der Waals surface area contributed by atoms with Crippen molar-refractivity contribution < 1.29 is 4.74 Å². The highest BCUT2D eigenvalue weighted by molar-refractivity contribution is 5.22. The first-order valence-electron chi connectivity index (χ1n) is 9.14. The second-order valence-corrected chi connectivity index (χ2v) is 6.96. The molecule has 0 saturated carbocycles. The smallest absolute Gasteiger partial charge is 0.0635 e. The fourth-order valence-electron chi connectivity index (χ4n) is 3.96. The summed E-state index contributed by atoms with van der Waals surface area (Å²) in [6.07, 6.45) is 3.48. The van der Waals surface area contributed by atoms with Gasteiger partial charge in [-0.15, -0.1) is 0 Å². The Kier molecular flexibility index (Phi) is 6.06. The molecule has 0 unspecified atom stereocenters. The van der Waals surface area contributed by atoms with E-state index in [1.165, 1.54) is 37.1 Å². The molecule has 4 heteroatoms. The second kappa shape index (κ2) is 8.25. The van der Waals surface area contributed by atoms with Gasteiger partial charge in [0, 0.05) is 38.3 Å². The molecule has 2 saturated heterocycles. The van der Waals surface area contributed by atoms with E-state index >= 15 is 0 Å².